The average molecular weight is 90.5 g/mol. The molecule has 0 atom stereocenters. The van der Waals surface area contributed by atoms with Gasteiger partial charge in [0, 0.05) is 6.42 Å². The minimum Gasteiger partial charge on any atom is -0.390 e. The molecule has 0 saturated heterocycles. The lowest BCUT2D eigenvalue weighted by Gasteiger charge is -1.72. The molecule has 1 rings (SSSR count). The van der Waals surface area contributed by atoms with Crippen molar-refractivity contribution in [3.05, 3.63) is 11.8 Å². The number of halogens is 1. The quantitative estimate of drug-likeness (QED) is 0.474. The van der Waals surface area contributed by atoms with E-state index >= 15 is 0 Å². The third-order valence-corrected chi connectivity index (χ3v) is 0.668. The molecule has 5 heavy (non-hydrogen) atoms. The summed E-state index contributed by atoms with van der Waals surface area (Å²) >= 11 is 4.83. The summed E-state index contributed by atoms with van der Waals surface area (Å²) in [5.41, 5.74) is 0. The van der Waals surface area contributed by atoms with E-state index in [0.29, 0.717) is 0 Å². The van der Waals surface area contributed by atoms with E-state index in [1.807, 2.05) is 6.08 Å². The number of hydrogen-bond donors (Lipinski definition) is 0. The van der Waals surface area contributed by atoms with Crippen LogP contribution in [0.3, 0.4) is 0 Å². The summed E-state index contributed by atoms with van der Waals surface area (Å²) in [5.74, 6) is 0.895. The first-order valence-electron chi connectivity index (χ1n) is 1.41. The fourth-order valence-electron chi connectivity index (χ4n) is 0.105. The minimum absolute atomic E-state index is 0.895. The van der Waals surface area contributed by atoms with Gasteiger partial charge in [0.1, 0.15) is 17.6 Å². The molecule has 0 aromatic heterocycles. The largest absolute Gasteiger partial charge is 0.390 e. The van der Waals surface area contributed by atoms with Crippen LogP contribution in [0.4, 0.5) is 0 Å². The second-order valence-electron chi connectivity index (χ2n) is 0.952. The van der Waals surface area contributed by atoms with Gasteiger partial charge < -0.3 is 4.29 Å². The Labute approximate surface area is 35.4 Å². The van der Waals surface area contributed by atoms with Crippen LogP contribution in [0.15, 0.2) is 11.8 Å². The van der Waals surface area contributed by atoms with Crippen molar-refractivity contribution in [2.75, 3.05) is 0 Å². The van der Waals surface area contributed by atoms with Crippen molar-refractivity contribution >= 4 is 11.9 Å². The van der Waals surface area contributed by atoms with E-state index in [4.69, 9.17) is 11.9 Å². The van der Waals surface area contributed by atoms with Crippen LogP contribution in [0, 0.1) is 0 Å². The monoisotopic (exact) mass is 90.0 g/mol. The van der Waals surface area contributed by atoms with E-state index in [0.717, 1.165) is 12.2 Å². The Hall–Kier alpha value is -0.170. The molecule has 0 heterocycles. The Morgan fingerprint density at radius 2 is 2.60 bits per heavy atom. The molecular weight excluding hydrogens is 87.5 g/mol. The highest BCUT2D eigenvalue weighted by Gasteiger charge is 2.05. The first-order valence-corrected chi connectivity index (χ1v) is 1.72. The van der Waals surface area contributed by atoms with Crippen LogP contribution in [-0.4, -0.2) is 0 Å². The maximum absolute atomic E-state index is 4.83. The molecule has 0 unspecified atom stereocenters. The van der Waals surface area contributed by atoms with E-state index in [1.165, 1.54) is 0 Å². The van der Waals surface area contributed by atoms with E-state index in [-0.39, 0.29) is 0 Å². The predicted octanol–water partition coefficient (Wildman–Crippen LogP) is 1.44. The second-order valence-corrected chi connectivity index (χ2v) is 1.11. The lowest BCUT2D eigenvalue weighted by Crippen LogP contribution is -1.49. The molecule has 1 nitrogen and oxygen atoms in total. The van der Waals surface area contributed by atoms with Crippen LogP contribution in [0.5, 0.6) is 0 Å². The van der Waals surface area contributed by atoms with Crippen LogP contribution >= 0.6 is 11.9 Å². The van der Waals surface area contributed by atoms with Crippen molar-refractivity contribution in [3.8, 4) is 0 Å². The fraction of sp³-hybridized carbons (Fsp3) is 0.333. The number of allylic oxidation sites excluding steroid dienone is 2. The van der Waals surface area contributed by atoms with Crippen molar-refractivity contribution in [1.82, 2.24) is 0 Å². The molecule has 0 fully saturated rings. The zero-order valence-electron chi connectivity index (χ0n) is 2.57. The highest BCUT2D eigenvalue weighted by atomic mass is 35.5. The maximum Gasteiger partial charge on any atom is 0.134 e. The van der Waals surface area contributed by atoms with Gasteiger partial charge in [0.25, 0.3) is 0 Å². The summed E-state index contributed by atoms with van der Waals surface area (Å²) in [5, 5.41) is 0. The van der Waals surface area contributed by atoms with Gasteiger partial charge in [-0.3, -0.25) is 0 Å². The molecule has 0 aliphatic heterocycles. The number of rotatable bonds is 1. The Morgan fingerprint density at radius 3 is 2.60 bits per heavy atom. The molecule has 0 saturated carbocycles. The fourth-order valence-corrected chi connectivity index (χ4v) is 0.231. The zero-order chi connectivity index (χ0) is 3.70. The van der Waals surface area contributed by atoms with Gasteiger partial charge in [-0.1, -0.05) is 0 Å². The maximum atomic E-state index is 4.83. The Bertz CT molecular complexity index is 67.3. The van der Waals surface area contributed by atoms with Gasteiger partial charge in [-0.15, -0.1) is 0 Å². The molecule has 1 aliphatic rings. The van der Waals surface area contributed by atoms with Crippen molar-refractivity contribution in [2.45, 2.75) is 6.42 Å². The van der Waals surface area contributed by atoms with Crippen molar-refractivity contribution < 1.29 is 4.29 Å². The van der Waals surface area contributed by atoms with Gasteiger partial charge in [0.2, 0.25) is 0 Å². The standard InChI is InChI=1S/C3H3ClO/c4-5-3-1-2-3/h1H,2H2. The Kier molecular flexibility index (Phi) is 0.548. The molecule has 0 spiro atoms. The van der Waals surface area contributed by atoms with Gasteiger partial charge in [0.15, 0.2) is 0 Å². The molecule has 1 aliphatic carbocycles. The van der Waals surface area contributed by atoms with Gasteiger partial charge >= 0.3 is 0 Å². The van der Waals surface area contributed by atoms with Gasteiger partial charge in [-0.05, 0) is 6.08 Å². The van der Waals surface area contributed by atoms with E-state index in [2.05, 4.69) is 4.29 Å². The SMILES string of the molecule is ClOC1=CC1. The summed E-state index contributed by atoms with van der Waals surface area (Å²) in [6.45, 7) is 0. The van der Waals surface area contributed by atoms with Crippen LogP contribution in [-0.2, 0) is 4.29 Å². The molecular formula is C3H3ClO. The summed E-state index contributed by atoms with van der Waals surface area (Å²) in [6.07, 6.45) is 2.86. The normalized spacial score (nSPS) is 17.4. The van der Waals surface area contributed by atoms with Gasteiger partial charge in [0.05, 0.1) is 0 Å². The molecule has 0 aromatic rings. The van der Waals surface area contributed by atoms with Crippen molar-refractivity contribution in [2.24, 2.45) is 0 Å². The summed E-state index contributed by atoms with van der Waals surface area (Å²) in [6, 6.07) is 0. The van der Waals surface area contributed by atoms with Gasteiger partial charge in [-0.2, -0.15) is 0 Å². The first-order chi connectivity index (χ1) is 2.43. The highest BCUT2D eigenvalue weighted by Crippen LogP contribution is 2.19. The summed E-state index contributed by atoms with van der Waals surface area (Å²) in [7, 11) is 0. The summed E-state index contributed by atoms with van der Waals surface area (Å²) in [4.78, 5) is 0. The predicted molar refractivity (Wildman–Crippen MR) is 19.6 cm³/mol. The molecule has 28 valence electrons. The minimum atomic E-state index is 0.895. The Morgan fingerprint density at radius 1 is 2.00 bits per heavy atom. The number of hydrogen-bond acceptors (Lipinski definition) is 1. The smallest absolute Gasteiger partial charge is 0.134 e. The Balaban J connectivity index is 2.22. The van der Waals surface area contributed by atoms with Crippen LogP contribution in [0.25, 0.3) is 0 Å². The van der Waals surface area contributed by atoms with Crippen molar-refractivity contribution in [3.63, 3.8) is 0 Å². The molecule has 0 radical (unpaired) electrons. The van der Waals surface area contributed by atoms with Gasteiger partial charge in [-0.25, -0.2) is 0 Å². The average Bonchev–Trinajstić information content (AvgIpc) is 2.12. The topological polar surface area (TPSA) is 9.23 Å². The zero-order valence-corrected chi connectivity index (χ0v) is 3.33. The first kappa shape index (κ1) is 3.04. The van der Waals surface area contributed by atoms with E-state index in [1.54, 1.807) is 0 Å². The lowest BCUT2D eigenvalue weighted by molar-refractivity contribution is 0.498. The molecule has 0 amide bonds. The molecule has 0 aromatic carbocycles. The third kappa shape index (κ3) is 0.550. The van der Waals surface area contributed by atoms with E-state index in [9.17, 15) is 0 Å². The molecule has 0 N–H and O–H groups in total. The van der Waals surface area contributed by atoms with E-state index < -0.39 is 0 Å². The van der Waals surface area contributed by atoms with Crippen LogP contribution in [0.1, 0.15) is 6.42 Å². The third-order valence-electron chi connectivity index (χ3n) is 0.470. The van der Waals surface area contributed by atoms with Crippen molar-refractivity contribution in [1.29, 1.82) is 0 Å². The molecule has 0 bridgehead atoms. The van der Waals surface area contributed by atoms with Crippen LogP contribution < -0.4 is 0 Å². The highest BCUT2D eigenvalue weighted by molar-refractivity contribution is 6.08. The van der Waals surface area contributed by atoms with Crippen LogP contribution in [0.2, 0.25) is 0 Å². The lowest BCUT2D eigenvalue weighted by atomic mass is 10.9. The summed E-state index contributed by atoms with van der Waals surface area (Å²) < 4.78 is 4.19. The molecule has 2 heteroatoms. The second kappa shape index (κ2) is 0.902.